The summed E-state index contributed by atoms with van der Waals surface area (Å²) < 4.78 is 5.05. The van der Waals surface area contributed by atoms with Gasteiger partial charge in [0.1, 0.15) is 5.44 Å². The fraction of sp³-hybridized carbons (Fsp3) is 1.00. The third kappa shape index (κ3) is 2.61. The Hall–Kier alpha value is 0.190. The Labute approximate surface area is 88.3 Å². The van der Waals surface area contributed by atoms with Crippen LogP contribution < -0.4 is 5.11 Å². The van der Waals surface area contributed by atoms with E-state index in [2.05, 4.69) is 0 Å². The third-order valence-electron chi connectivity index (χ3n) is 2.78. The molecule has 0 saturated heterocycles. The van der Waals surface area contributed by atoms with Crippen molar-refractivity contribution in [3.05, 3.63) is 0 Å². The van der Waals surface area contributed by atoms with Crippen LogP contribution in [0.3, 0.4) is 0 Å². The molecule has 84 valence electrons. The number of aliphatic hydroxyl groups excluding tert-OH is 2. The first-order valence-electron chi connectivity index (χ1n) is 4.67. The van der Waals surface area contributed by atoms with Crippen molar-refractivity contribution in [2.75, 3.05) is 13.4 Å². The molecule has 0 radical (unpaired) electrons. The Balaban J connectivity index is 2.60. The summed E-state index contributed by atoms with van der Waals surface area (Å²) >= 11 is 1.20. The lowest BCUT2D eigenvalue weighted by molar-refractivity contribution is -0.449. The number of rotatable bonds is 3. The zero-order valence-electron chi connectivity index (χ0n) is 8.42. The number of methoxy groups -OCH3 is 1. The summed E-state index contributed by atoms with van der Waals surface area (Å²) in [7, 11) is 1.54. The minimum absolute atomic E-state index is 0.169. The Bertz CT molecular complexity index is 166. The van der Waals surface area contributed by atoms with E-state index in [1.54, 1.807) is 6.26 Å². The molecular formula is C9H17O4S-. The van der Waals surface area contributed by atoms with Crippen molar-refractivity contribution in [1.82, 2.24) is 0 Å². The summed E-state index contributed by atoms with van der Waals surface area (Å²) in [4.78, 5) is 0. The fourth-order valence-corrected chi connectivity index (χ4v) is 2.58. The molecule has 5 atom stereocenters. The first-order valence-corrected chi connectivity index (χ1v) is 5.96. The van der Waals surface area contributed by atoms with Gasteiger partial charge >= 0.3 is 0 Å². The summed E-state index contributed by atoms with van der Waals surface area (Å²) in [5, 5.41) is 30.9. The second kappa shape index (κ2) is 5.32. The quantitative estimate of drug-likeness (QED) is 0.609. The molecule has 1 aliphatic rings. The van der Waals surface area contributed by atoms with Crippen LogP contribution in [-0.2, 0) is 4.74 Å². The van der Waals surface area contributed by atoms with Crippen molar-refractivity contribution in [3.63, 3.8) is 0 Å². The van der Waals surface area contributed by atoms with E-state index >= 15 is 0 Å². The molecule has 0 amide bonds. The lowest BCUT2D eigenvalue weighted by Gasteiger charge is -2.44. The minimum Gasteiger partial charge on any atom is -0.852 e. The number of aliphatic hydroxyl groups is 2. The van der Waals surface area contributed by atoms with Gasteiger partial charge in [0.2, 0.25) is 0 Å². The first-order chi connectivity index (χ1) is 6.60. The Kier molecular flexibility index (Phi) is 4.66. The Morgan fingerprint density at radius 1 is 1.50 bits per heavy atom. The average Bonchev–Trinajstić information content (AvgIpc) is 2.16. The number of thioether (sulfide) groups is 1. The summed E-state index contributed by atoms with van der Waals surface area (Å²) in [5.74, 6) is -0.573. The van der Waals surface area contributed by atoms with Gasteiger partial charge in [-0.15, -0.1) is 17.9 Å². The molecule has 1 rings (SSSR count). The maximum atomic E-state index is 11.6. The summed E-state index contributed by atoms with van der Waals surface area (Å²) in [6, 6.07) is 0. The van der Waals surface area contributed by atoms with Crippen LogP contribution in [0.15, 0.2) is 0 Å². The lowest BCUT2D eigenvalue weighted by atomic mass is 9.82. The van der Waals surface area contributed by atoms with Crippen molar-refractivity contribution in [2.45, 2.75) is 36.6 Å². The second-order valence-corrected chi connectivity index (χ2v) is 4.59. The molecule has 0 bridgehead atoms. The molecule has 4 nitrogen and oxygen atoms in total. The second-order valence-electron chi connectivity index (χ2n) is 3.64. The maximum Gasteiger partial charge on any atom is 0.103 e. The van der Waals surface area contributed by atoms with Gasteiger partial charge in [-0.1, -0.05) is 0 Å². The van der Waals surface area contributed by atoms with Gasteiger partial charge < -0.3 is 20.1 Å². The zero-order chi connectivity index (χ0) is 10.7. The molecule has 14 heavy (non-hydrogen) atoms. The number of hydrogen-bond donors (Lipinski definition) is 2. The molecule has 1 fully saturated rings. The van der Waals surface area contributed by atoms with Crippen LogP contribution >= 0.6 is 11.8 Å². The van der Waals surface area contributed by atoms with Crippen molar-refractivity contribution >= 4 is 11.8 Å². The standard InChI is InChI=1S/C9H17O4S/c1-13-5-3-6(10)8(7(11)4-5)9(12)14-2/h5-10,12H,3-4H2,1-2H3/q-1. The smallest absolute Gasteiger partial charge is 0.103 e. The summed E-state index contributed by atoms with van der Waals surface area (Å²) in [6.45, 7) is 0. The normalized spacial score (nSPS) is 40.9. The highest BCUT2D eigenvalue weighted by molar-refractivity contribution is 7.99. The minimum atomic E-state index is -0.939. The third-order valence-corrected chi connectivity index (χ3v) is 3.57. The van der Waals surface area contributed by atoms with Gasteiger partial charge in [-0.25, -0.2) is 0 Å². The topological polar surface area (TPSA) is 72.8 Å². The first kappa shape index (κ1) is 12.3. The molecule has 0 aromatic rings. The van der Waals surface area contributed by atoms with Crippen LogP contribution in [0.1, 0.15) is 12.8 Å². The summed E-state index contributed by atoms with van der Waals surface area (Å²) in [6.07, 6.45) is 0.683. The van der Waals surface area contributed by atoms with Crippen LogP contribution in [-0.4, -0.2) is 47.3 Å². The largest absolute Gasteiger partial charge is 0.852 e. The highest BCUT2D eigenvalue weighted by atomic mass is 32.2. The van der Waals surface area contributed by atoms with E-state index in [0.717, 1.165) is 0 Å². The Morgan fingerprint density at radius 2 is 2.14 bits per heavy atom. The molecule has 5 unspecified atom stereocenters. The predicted octanol–water partition coefficient (Wildman–Crippen LogP) is -0.817. The van der Waals surface area contributed by atoms with Gasteiger partial charge in [0.15, 0.2) is 0 Å². The van der Waals surface area contributed by atoms with Crippen LogP contribution in [0.2, 0.25) is 0 Å². The molecule has 1 aliphatic carbocycles. The van der Waals surface area contributed by atoms with Gasteiger partial charge in [-0.05, 0) is 19.1 Å². The van der Waals surface area contributed by atoms with Gasteiger partial charge in [-0.2, -0.15) is 0 Å². The Morgan fingerprint density at radius 3 is 2.57 bits per heavy atom. The number of hydrogen-bond acceptors (Lipinski definition) is 5. The fourth-order valence-electron chi connectivity index (χ4n) is 1.91. The van der Waals surface area contributed by atoms with Crippen LogP contribution in [0, 0.1) is 5.92 Å². The lowest BCUT2D eigenvalue weighted by Crippen LogP contribution is -2.53. The van der Waals surface area contributed by atoms with E-state index < -0.39 is 23.6 Å². The van der Waals surface area contributed by atoms with Gasteiger partial charge in [0, 0.05) is 13.0 Å². The maximum absolute atomic E-state index is 11.6. The van der Waals surface area contributed by atoms with Crippen molar-refractivity contribution in [2.24, 2.45) is 5.92 Å². The molecular weight excluding hydrogens is 204 g/mol. The van der Waals surface area contributed by atoms with Gasteiger partial charge in [-0.3, -0.25) is 0 Å². The molecule has 5 heteroatoms. The predicted molar refractivity (Wildman–Crippen MR) is 52.8 cm³/mol. The molecule has 1 saturated carbocycles. The summed E-state index contributed by atoms with van der Waals surface area (Å²) in [5.41, 5.74) is -0.773. The van der Waals surface area contributed by atoms with Gasteiger partial charge in [0.25, 0.3) is 0 Å². The van der Waals surface area contributed by atoms with E-state index in [4.69, 9.17) is 4.74 Å². The van der Waals surface area contributed by atoms with E-state index in [1.807, 2.05) is 0 Å². The van der Waals surface area contributed by atoms with E-state index in [1.165, 1.54) is 18.9 Å². The van der Waals surface area contributed by atoms with Crippen LogP contribution in [0.5, 0.6) is 0 Å². The van der Waals surface area contributed by atoms with Gasteiger partial charge in [0.05, 0.1) is 12.2 Å². The molecule has 0 heterocycles. The van der Waals surface area contributed by atoms with E-state index in [0.29, 0.717) is 12.8 Å². The zero-order valence-corrected chi connectivity index (χ0v) is 9.24. The van der Waals surface area contributed by atoms with Crippen LogP contribution in [0.4, 0.5) is 0 Å². The molecule has 0 aromatic heterocycles. The molecule has 0 aliphatic heterocycles. The SMILES string of the molecule is COC1CC([O-])C(C(O)SC)C(O)C1. The number of ether oxygens (including phenoxy) is 1. The van der Waals surface area contributed by atoms with Crippen molar-refractivity contribution in [1.29, 1.82) is 0 Å². The monoisotopic (exact) mass is 221 g/mol. The van der Waals surface area contributed by atoms with E-state index in [-0.39, 0.29) is 6.10 Å². The molecule has 0 spiro atoms. The van der Waals surface area contributed by atoms with Crippen molar-refractivity contribution in [3.8, 4) is 0 Å². The average molecular weight is 221 g/mol. The highest BCUT2D eigenvalue weighted by Crippen LogP contribution is 2.31. The van der Waals surface area contributed by atoms with Crippen LogP contribution in [0.25, 0.3) is 0 Å². The van der Waals surface area contributed by atoms with Crippen molar-refractivity contribution < 1.29 is 20.1 Å². The van der Waals surface area contributed by atoms with E-state index in [9.17, 15) is 15.3 Å². The molecule has 2 N–H and O–H groups in total. The molecule has 0 aromatic carbocycles. The highest BCUT2D eigenvalue weighted by Gasteiger charge is 2.35.